The summed E-state index contributed by atoms with van der Waals surface area (Å²) < 4.78 is 43.5. The van der Waals surface area contributed by atoms with Crippen LogP contribution in [0.3, 0.4) is 0 Å². The molecule has 2 atom stereocenters. The lowest BCUT2D eigenvalue weighted by Crippen LogP contribution is -2.68. The Hall–Kier alpha value is -3.48. The molecule has 5 rings (SSSR count). The number of nitrogens with zero attached hydrogens (tertiary/aromatic N) is 1. The van der Waals surface area contributed by atoms with Gasteiger partial charge in [0.1, 0.15) is 12.6 Å². The molecular formula is C32H41N4O6S+. The second-order valence-corrected chi connectivity index (χ2v) is 13.4. The van der Waals surface area contributed by atoms with Crippen molar-refractivity contribution in [1.82, 2.24) is 20.1 Å². The maximum absolute atomic E-state index is 14.1. The summed E-state index contributed by atoms with van der Waals surface area (Å²) in [5, 5.41) is 6.69. The van der Waals surface area contributed by atoms with Gasteiger partial charge in [0.15, 0.2) is 17.2 Å². The molecule has 2 heterocycles. The summed E-state index contributed by atoms with van der Waals surface area (Å²) in [6, 6.07) is 22.0. The van der Waals surface area contributed by atoms with Gasteiger partial charge >= 0.3 is 10.0 Å². The molecule has 0 radical (unpaired) electrons. The van der Waals surface area contributed by atoms with Gasteiger partial charge < -0.3 is 19.5 Å². The first-order valence-corrected chi connectivity index (χ1v) is 16.3. The van der Waals surface area contributed by atoms with Gasteiger partial charge in [0, 0.05) is 18.2 Å². The van der Waals surface area contributed by atoms with Crippen LogP contribution in [0.4, 0.5) is 5.69 Å². The fourth-order valence-corrected chi connectivity index (χ4v) is 7.48. The van der Waals surface area contributed by atoms with Crippen LogP contribution in [-0.2, 0) is 38.1 Å². The first kappa shape index (κ1) is 31.0. The van der Waals surface area contributed by atoms with Crippen molar-refractivity contribution in [1.29, 1.82) is 0 Å². The fraction of sp³-hybridized carbons (Fsp3) is 0.406. The second kappa shape index (κ2) is 13.0. The predicted molar refractivity (Wildman–Crippen MR) is 166 cm³/mol. The van der Waals surface area contributed by atoms with E-state index in [1.54, 1.807) is 20.3 Å². The maximum atomic E-state index is 14.1. The Morgan fingerprint density at radius 3 is 2.35 bits per heavy atom. The standard InChI is InChI=1S/C32H40N4O6S/c1-40-29-14-13-25(19-30(29)41-2)20-34-27(22-42-21-24-9-5-4-6-10-24)31(37)35-36(43(3,38)39)23-32(15-17-33-18-16-32)26-11-7-8-12-28(26)36/h4-14,19,27,33-34H,15-18,20-23H2,1-3H3/p+1. The molecule has 0 aliphatic carbocycles. The largest absolute Gasteiger partial charge is 0.493 e. The van der Waals surface area contributed by atoms with Crippen LogP contribution in [0.15, 0.2) is 72.8 Å². The van der Waals surface area contributed by atoms with Gasteiger partial charge in [0.25, 0.3) is 5.91 Å². The van der Waals surface area contributed by atoms with E-state index in [0.717, 1.165) is 42.6 Å². The molecule has 2 aliphatic rings. The Morgan fingerprint density at radius 2 is 1.65 bits per heavy atom. The van der Waals surface area contributed by atoms with Gasteiger partial charge in [-0.2, -0.15) is 13.8 Å². The predicted octanol–water partition coefficient (Wildman–Crippen LogP) is 3.01. The minimum atomic E-state index is -3.84. The zero-order valence-electron chi connectivity index (χ0n) is 25.0. The quantitative estimate of drug-likeness (QED) is 0.269. The third-order valence-corrected chi connectivity index (χ3v) is 10.1. The van der Waals surface area contributed by atoms with E-state index < -0.39 is 26.0 Å². The van der Waals surface area contributed by atoms with E-state index >= 15 is 0 Å². The lowest BCUT2D eigenvalue weighted by atomic mass is 9.75. The van der Waals surface area contributed by atoms with Crippen molar-refractivity contribution in [3.05, 3.63) is 89.5 Å². The van der Waals surface area contributed by atoms with E-state index in [1.165, 1.54) is 6.26 Å². The van der Waals surface area contributed by atoms with Crippen LogP contribution >= 0.6 is 0 Å². The Morgan fingerprint density at radius 1 is 0.953 bits per heavy atom. The number of para-hydroxylation sites is 1. The molecule has 43 heavy (non-hydrogen) atoms. The molecule has 3 aromatic rings. The summed E-state index contributed by atoms with van der Waals surface area (Å²) >= 11 is 0. The van der Waals surface area contributed by atoms with Crippen molar-refractivity contribution >= 4 is 21.6 Å². The zero-order valence-corrected chi connectivity index (χ0v) is 25.8. The number of quaternary nitrogens is 1. The number of rotatable bonds is 12. The van der Waals surface area contributed by atoms with Crippen molar-refractivity contribution in [3.8, 4) is 11.5 Å². The first-order chi connectivity index (χ1) is 20.7. The zero-order chi connectivity index (χ0) is 30.5. The van der Waals surface area contributed by atoms with Crippen LogP contribution in [0, 0.1) is 0 Å². The number of methoxy groups -OCH3 is 2. The van der Waals surface area contributed by atoms with Gasteiger partial charge in [-0.05, 0) is 49.2 Å². The highest BCUT2D eigenvalue weighted by Gasteiger charge is 2.60. The molecule has 2 unspecified atom stereocenters. The molecule has 1 saturated heterocycles. The molecule has 10 nitrogen and oxygen atoms in total. The molecule has 2 aliphatic heterocycles. The molecule has 230 valence electrons. The number of fused-ring (bicyclic) bond motifs is 2. The summed E-state index contributed by atoms with van der Waals surface area (Å²) in [6.07, 6.45) is 2.77. The van der Waals surface area contributed by atoms with Crippen LogP contribution in [0.2, 0.25) is 0 Å². The number of benzene rings is 3. The van der Waals surface area contributed by atoms with Crippen LogP contribution < -0.4 is 29.5 Å². The lowest BCUT2D eigenvalue weighted by Gasteiger charge is -2.36. The summed E-state index contributed by atoms with van der Waals surface area (Å²) in [7, 11) is -0.699. The topological polar surface area (TPSA) is 115 Å². The van der Waals surface area contributed by atoms with Gasteiger partial charge in [-0.1, -0.05) is 58.6 Å². The number of hydrogen-bond acceptors (Lipinski definition) is 8. The van der Waals surface area contributed by atoms with Crippen molar-refractivity contribution in [3.63, 3.8) is 0 Å². The highest BCUT2D eigenvalue weighted by atomic mass is 32.2. The second-order valence-electron chi connectivity index (χ2n) is 11.3. The first-order valence-electron chi connectivity index (χ1n) is 14.5. The summed E-state index contributed by atoms with van der Waals surface area (Å²) in [4.78, 5) is 14.1. The molecular weight excluding hydrogens is 568 g/mol. The number of amides is 1. The number of hydrogen-bond donors (Lipinski definition) is 3. The number of sulfonamides is 1. The maximum Gasteiger partial charge on any atom is 0.321 e. The Balaban J connectivity index is 1.42. The normalized spacial score (nSPS) is 19.9. The van der Waals surface area contributed by atoms with Crippen LogP contribution in [0.25, 0.3) is 0 Å². The van der Waals surface area contributed by atoms with Gasteiger partial charge in [0.05, 0.1) is 39.1 Å². The number of carbonyl (C=O) groups excluding carboxylic acids is 1. The smallest absolute Gasteiger partial charge is 0.321 e. The monoisotopic (exact) mass is 609 g/mol. The van der Waals surface area contributed by atoms with E-state index in [4.69, 9.17) is 14.2 Å². The van der Waals surface area contributed by atoms with Gasteiger partial charge in [0.2, 0.25) is 0 Å². The Bertz CT molecular complexity index is 1530. The van der Waals surface area contributed by atoms with E-state index in [9.17, 15) is 13.2 Å². The molecule has 0 aromatic heterocycles. The van der Waals surface area contributed by atoms with E-state index in [0.29, 0.717) is 30.3 Å². The molecule has 1 amide bonds. The number of nitrogens with one attached hydrogen (secondary N) is 3. The average Bonchev–Trinajstić information content (AvgIpc) is 3.29. The van der Waals surface area contributed by atoms with E-state index in [-0.39, 0.29) is 18.6 Å². The number of ether oxygens (including phenoxy) is 3. The number of carbonyl (C=O) groups is 1. The highest BCUT2D eigenvalue weighted by Crippen LogP contribution is 2.50. The third-order valence-electron chi connectivity index (χ3n) is 8.52. The van der Waals surface area contributed by atoms with Crippen molar-refractivity contribution in [2.45, 2.75) is 37.5 Å². The minimum absolute atomic E-state index is 0.0362. The molecule has 3 aromatic carbocycles. The van der Waals surface area contributed by atoms with E-state index in [1.807, 2.05) is 66.7 Å². The van der Waals surface area contributed by atoms with Crippen molar-refractivity contribution in [2.24, 2.45) is 0 Å². The van der Waals surface area contributed by atoms with Crippen LogP contribution in [-0.4, -0.2) is 67.1 Å². The van der Waals surface area contributed by atoms with Crippen LogP contribution in [0.1, 0.15) is 29.5 Å². The molecule has 0 saturated carbocycles. The molecule has 0 bridgehead atoms. The SMILES string of the molecule is COc1ccc(CNC(COCc2ccccc2)C(=O)N[N+]2(S(C)(=O)=O)CC3(CCNCC3)c3ccccc32)cc1OC. The van der Waals surface area contributed by atoms with Crippen molar-refractivity contribution in [2.75, 3.05) is 46.7 Å². The Labute approximate surface area is 253 Å². The minimum Gasteiger partial charge on any atom is -0.493 e. The van der Waals surface area contributed by atoms with Gasteiger partial charge in [-0.3, -0.25) is 10.1 Å². The average molecular weight is 610 g/mol. The van der Waals surface area contributed by atoms with Crippen LogP contribution in [0.5, 0.6) is 11.5 Å². The molecule has 3 N–H and O–H groups in total. The summed E-state index contributed by atoms with van der Waals surface area (Å²) in [6.45, 7) is 2.48. The number of piperidine rings is 1. The summed E-state index contributed by atoms with van der Waals surface area (Å²) in [5.74, 6) is 0.719. The van der Waals surface area contributed by atoms with Crippen molar-refractivity contribution < 1.29 is 27.4 Å². The molecule has 1 spiro atoms. The van der Waals surface area contributed by atoms with E-state index in [2.05, 4.69) is 16.1 Å². The highest BCUT2D eigenvalue weighted by molar-refractivity contribution is 7.90. The summed E-state index contributed by atoms with van der Waals surface area (Å²) in [5.41, 5.74) is 6.06. The van der Waals surface area contributed by atoms with Gasteiger partial charge in [-0.15, -0.1) is 0 Å². The third kappa shape index (κ3) is 6.41. The molecule has 1 fully saturated rings. The molecule has 11 heteroatoms. The van der Waals surface area contributed by atoms with Gasteiger partial charge in [-0.25, -0.2) is 0 Å². The Kier molecular flexibility index (Phi) is 9.38. The fourth-order valence-electron chi connectivity index (χ4n) is 6.23. The lowest BCUT2D eigenvalue weighted by molar-refractivity contribution is -0.127.